The topological polar surface area (TPSA) is 330 Å². The van der Waals surface area contributed by atoms with E-state index in [9.17, 15) is 63.1 Å². The Morgan fingerprint density at radius 1 is 0.705 bits per heavy atom. The molecule has 332 valence electrons. The molecule has 0 saturated carbocycles. The fraction of sp³-hybridized carbons (Fsp3) is 0.353. The van der Waals surface area contributed by atoms with Crippen molar-refractivity contribution in [1.29, 1.82) is 0 Å². The zero-order valence-corrected chi connectivity index (χ0v) is 38.1. The first-order valence-corrected chi connectivity index (χ1v) is 25.4. The number of halogens is 1. The quantitative estimate of drug-likeness (QED) is 0.177. The predicted octanol–water partition coefficient (Wildman–Crippen LogP) is 2.94. The number of carbonyl (C=O) groups is 4. The molecule has 6 rings (SSSR count). The number of nitrogens with zero attached hydrogens (tertiary/aromatic N) is 4. The van der Waals surface area contributed by atoms with Crippen LogP contribution in [0.3, 0.4) is 0 Å². The summed E-state index contributed by atoms with van der Waals surface area (Å²) in [5.41, 5.74) is -0.808. The standard InChI is InChI=1S/2C17H19N3O7S3.ClH/c1-3-20(15(21)14-10(16(22)23)5-4-6-19-14)12-7-9(2)29(24,25)17-11(12)8-13(28-17)30(18,26)27;1-3-20(15(21)10-5-4-6-19-14(10)16(22)23)12-7-9(2)29(24,25)17-11(12)8-13(28-17)30(18,26)27;/h2*4-6,8-9,12H,3,7H2,1-2H3,(H,22,23)(H2,18,26,27);1H. The van der Waals surface area contributed by atoms with Crippen LogP contribution in [0.4, 0.5) is 0 Å². The third-order valence-corrected chi connectivity index (χ3v) is 20.4. The van der Waals surface area contributed by atoms with Gasteiger partial charge in [0.1, 0.15) is 22.5 Å². The van der Waals surface area contributed by atoms with E-state index < -0.39 is 91.8 Å². The van der Waals surface area contributed by atoms with Crippen LogP contribution < -0.4 is 10.3 Å². The molecule has 2 aliphatic rings. The van der Waals surface area contributed by atoms with Crippen LogP contribution in [0.2, 0.25) is 0 Å². The second-order valence-corrected chi connectivity index (χ2v) is 24.3. The van der Waals surface area contributed by atoms with Gasteiger partial charge in [-0.3, -0.25) is 14.6 Å². The number of pyridine rings is 2. The minimum absolute atomic E-state index is 0. The SMILES string of the molecule is CCN(C(=O)c1cccnc1C(=O)O)C1CC(C)S(=O)(=O)c2sc(S(N)(=O)=O)cc21.CCN(C(=O)c1ncccc1C(=O)O)C1CC(C)S(=O)(=O)c2sc(S(N)(=O)=O)cc21.Cl. The van der Waals surface area contributed by atoms with Crippen LogP contribution in [0.15, 0.2) is 65.6 Å². The van der Waals surface area contributed by atoms with Crippen LogP contribution in [0.25, 0.3) is 0 Å². The first-order chi connectivity index (χ1) is 27.8. The number of hydrogen-bond donors (Lipinski definition) is 4. The molecule has 6 heterocycles. The van der Waals surface area contributed by atoms with Crippen molar-refractivity contribution in [1.82, 2.24) is 19.8 Å². The van der Waals surface area contributed by atoms with Gasteiger partial charge < -0.3 is 20.0 Å². The molecule has 6 N–H and O–H groups in total. The van der Waals surface area contributed by atoms with E-state index in [1.807, 2.05) is 0 Å². The number of primary sulfonamides is 2. The van der Waals surface area contributed by atoms with E-state index in [2.05, 4.69) is 9.97 Å². The van der Waals surface area contributed by atoms with E-state index >= 15 is 0 Å². The van der Waals surface area contributed by atoms with Crippen molar-refractivity contribution in [3.05, 3.63) is 82.4 Å². The molecule has 4 atom stereocenters. The number of carbonyl (C=O) groups excluding carboxylic acids is 2. The molecular weight excluding hydrogens is 944 g/mol. The maximum Gasteiger partial charge on any atom is 0.355 e. The molecule has 0 aromatic carbocycles. The Kier molecular flexibility index (Phi) is 14.6. The maximum atomic E-state index is 13.2. The summed E-state index contributed by atoms with van der Waals surface area (Å²) < 4.78 is 97.3. The van der Waals surface area contributed by atoms with Gasteiger partial charge in [0.15, 0.2) is 25.4 Å². The lowest BCUT2D eigenvalue weighted by molar-refractivity contribution is 0.0635. The lowest BCUT2D eigenvalue weighted by Crippen LogP contribution is -2.41. The second kappa shape index (κ2) is 18.1. The van der Waals surface area contributed by atoms with Crippen LogP contribution in [-0.2, 0) is 39.7 Å². The minimum atomic E-state index is -4.15. The highest BCUT2D eigenvalue weighted by Crippen LogP contribution is 2.47. The summed E-state index contributed by atoms with van der Waals surface area (Å²) >= 11 is 1.11. The second-order valence-electron chi connectivity index (χ2n) is 13.5. The Labute approximate surface area is 365 Å². The Morgan fingerprint density at radius 2 is 1.10 bits per heavy atom. The van der Waals surface area contributed by atoms with Crippen LogP contribution in [-0.4, -0.2) is 111 Å². The molecule has 61 heavy (non-hydrogen) atoms. The summed E-state index contributed by atoms with van der Waals surface area (Å²) in [5, 5.41) is 27.3. The van der Waals surface area contributed by atoms with Gasteiger partial charge in [-0.2, -0.15) is 0 Å². The number of hydrogen-bond acceptors (Lipinski definition) is 16. The van der Waals surface area contributed by atoms with Crippen molar-refractivity contribution >= 4 is 98.6 Å². The van der Waals surface area contributed by atoms with Crippen LogP contribution in [0.5, 0.6) is 0 Å². The normalized spacial score (nSPS) is 20.0. The number of sulfonamides is 2. The third-order valence-electron chi connectivity index (χ3n) is 9.81. The number of thiophene rings is 2. The Hall–Kier alpha value is -4.41. The van der Waals surface area contributed by atoms with E-state index in [1.165, 1.54) is 72.4 Å². The van der Waals surface area contributed by atoms with Crippen molar-refractivity contribution < 1.29 is 63.1 Å². The lowest BCUT2D eigenvalue weighted by Gasteiger charge is -2.36. The molecule has 0 saturated heterocycles. The molecular formula is C34H39ClN6O14S6. The van der Waals surface area contributed by atoms with E-state index in [1.54, 1.807) is 13.8 Å². The number of rotatable bonds is 10. The van der Waals surface area contributed by atoms with Crippen molar-refractivity contribution in [2.75, 3.05) is 13.1 Å². The number of fused-ring (bicyclic) bond motifs is 2. The number of sulfone groups is 2. The maximum absolute atomic E-state index is 13.2. The van der Waals surface area contributed by atoms with Crippen molar-refractivity contribution in [3.8, 4) is 0 Å². The number of carboxylic acids is 2. The molecule has 0 fully saturated rings. The van der Waals surface area contributed by atoms with Gasteiger partial charge in [0.05, 0.1) is 33.7 Å². The highest BCUT2D eigenvalue weighted by Gasteiger charge is 2.45. The third kappa shape index (κ3) is 9.51. The average Bonchev–Trinajstić information content (AvgIpc) is 3.85. The zero-order chi connectivity index (χ0) is 44.9. The molecule has 4 aromatic rings. The largest absolute Gasteiger partial charge is 0.478 e. The van der Waals surface area contributed by atoms with E-state index in [-0.39, 0.29) is 83.1 Å². The molecule has 27 heteroatoms. The van der Waals surface area contributed by atoms with Gasteiger partial charge in [-0.05, 0) is 76.9 Å². The Morgan fingerprint density at radius 3 is 1.48 bits per heavy atom. The number of amides is 2. The van der Waals surface area contributed by atoms with Gasteiger partial charge in [-0.1, -0.05) is 0 Å². The molecule has 2 aliphatic heterocycles. The fourth-order valence-electron chi connectivity index (χ4n) is 6.81. The summed E-state index contributed by atoms with van der Waals surface area (Å²) in [6.07, 6.45) is 2.58. The van der Waals surface area contributed by atoms with Crippen molar-refractivity contribution in [3.63, 3.8) is 0 Å². The van der Waals surface area contributed by atoms with Crippen LogP contribution in [0.1, 0.15) is 105 Å². The predicted molar refractivity (Wildman–Crippen MR) is 222 cm³/mol. The highest BCUT2D eigenvalue weighted by atomic mass is 35.5. The molecule has 2 amide bonds. The number of aromatic carboxylic acids is 2. The molecule has 4 aromatic heterocycles. The van der Waals surface area contributed by atoms with Gasteiger partial charge in [0.2, 0.25) is 20.0 Å². The van der Waals surface area contributed by atoms with Gasteiger partial charge in [0, 0.05) is 36.6 Å². The molecule has 20 nitrogen and oxygen atoms in total. The molecule has 0 aliphatic carbocycles. The number of aromatic nitrogens is 2. The molecule has 4 unspecified atom stereocenters. The highest BCUT2D eigenvalue weighted by molar-refractivity contribution is 7.96. The van der Waals surface area contributed by atoms with Gasteiger partial charge in [0.25, 0.3) is 11.8 Å². The summed E-state index contributed by atoms with van der Waals surface area (Å²) in [6, 6.07) is 6.19. The van der Waals surface area contributed by atoms with E-state index in [0.29, 0.717) is 22.7 Å². The summed E-state index contributed by atoms with van der Waals surface area (Å²) in [5.74, 6) is -4.03. The first-order valence-electron chi connectivity index (χ1n) is 17.6. The van der Waals surface area contributed by atoms with E-state index in [0.717, 1.165) is 0 Å². The summed E-state index contributed by atoms with van der Waals surface area (Å²) in [6.45, 7) is 6.52. The van der Waals surface area contributed by atoms with Gasteiger partial charge >= 0.3 is 11.9 Å². The zero-order valence-electron chi connectivity index (χ0n) is 32.4. The van der Waals surface area contributed by atoms with Crippen LogP contribution in [0, 0.1) is 0 Å². The Balaban J connectivity index is 0.000000264. The first kappa shape index (κ1) is 49.2. The fourth-order valence-corrected chi connectivity index (χ4v) is 15.6. The number of nitrogens with two attached hydrogens (primary N) is 2. The van der Waals surface area contributed by atoms with Crippen molar-refractivity contribution in [2.24, 2.45) is 10.3 Å². The monoisotopic (exact) mass is 982 g/mol. The lowest BCUT2D eigenvalue weighted by atomic mass is 10.0. The minimum Gasteiger partial charge on any atom is -0.478 e. The summed E-state index contributed by atoms with van der Waals surface area (Å²) in [4.78, 5) is 59.7. The Bertz CT molecular complexity index is 2670. The molecule has 0 bridgehead atoms. The van der Waals surface area contributed by atoms with Crippen molar-refractivity contribution in [2.45, 2.75) is 80.0 Å². The summed E-state index contributed by atoms with van der Waals surface area (Å²) in [7, 11) is -15.9. The van der Waals surface area contributed by atoms with Gasteiger partial charge in [-0.15, -0.1) is 35.1 Å². The van der Waals surface area contributed by atoms with Crippen LogP contribution >= 0.6 is 35.1 Å². The smallest absolute Gasteiger partial charge is 0.355 e. The molecule has 0 spiro atoms. The molecule has 0 radical (unpaired) electrons. The average molecular weight is 984 g/mol. The number of carboxylic acid groups (broad SMARTS) is 2. The van der Waals surface area contributed by atoms with Gasteiger partial charge in [-0.25, -0.2) is 58.5 Å². The van der Waals surface area contributed by atoms with E-state index in [4.69, 9.17) is 10.3 Å².